The second-order valence-corrected chi connectivity index (χ2v) is 6.48. The molecule has 1 aromatic heterocycles. The fourth-order valence-electron chi connectivity index (χ4n) is 1.97. The molecule has 1 aromatic rings. The van der Waals surface area contributed by atoms with E-state index in [-0.39, 0.29) is 4.90 Å². The van der Waals surface area contributed by atoms with Crippen LogP contribution in [0.25, 0.3) is 0 Å². The summed E-state index contributed by atoms with van der Waals surface area (Å²) >= 11 is 0. The molecular formula is C10H17N3O2S. The summed E-state index contributed by atoms with van der Waals surface area (Å²) in [6, 6.07) is 0. The molecule has 6 heteroatoms. The van der Waals surface area contributed by atoms with Crippen molar-refractivity contribution < 1.29 is 8.42 Å². The van der Waals surface area contributed by atoms with E-state index >= 15 is 0 Å². The molecule has 1 aliphatic heterocycles. The van der Waals surface area contributed by atoms with Crippen LogP contribution >= 0.6 is 0 Å². The Bertz CT molecular complexity index is 441. The van der Waals surface area contributed by atoms with Crippen molar-refractivity contribution in [3.63, 3.8) is 0 Å². The van der Waals surface area contributed by atoms with Gasteiger partial charge in [0.15, 0.2) is 0 Å². The number of aromatic amines is 1. The summed E-state index contributed by atoms with van der Waals surface area (Å²) in [6.45, 7) is 5.49. The van der Waals surface area contributed by atoms with Crippen LogP contribution in [0.2, 0.25) is 0 Å². The van der Waals surface area contributed by atoms with Gasteiger partial charge in [-0.1, -0.05) is 13.8 Å². The van der Waals surface area contributed by atoms with Crippen LogP contribution in [0.3, 0.4) is 0 Å². The van der Waals surface area contributed by atoms with Crippen LogP contribution in [0.15, 0.2) is 17.3 Å². The van der Waals surface area contributed by atoms with Crippen molar-refractivity contribution in [2.75, 3.05) is 13.1 Å². The number of sulfonamides is 1. The summed E-state index contributed by atoms with van der Waals surface area (Å²) in [5.74, 6) is 1.01. The maximum atomic E-state index is 12.2. The van der Waals surface area contributed by atoms with Gasteiger partial charge in [-0.15, -0.1) is 0 Å². The van der Waals surface area contributed by atoms with Crippen molar-refractivity contribution in [3.8, 4) is 0 Å². The monoisotopic (exact) mass is 243 g/mol. The Morgan fingerprint density at radius 2 is 2.19 bits per heavy atom. The number of H-pyrrole nitrogens is 1. The Kier molecular flexibility index (Phi) is 3.03. The van der Waals surface area contributed by atoms with Crippen LogP contribution in [-0.2, 0) is 10.0 Å². The van der Waals surface area contributed by atoms with Gasteiger partial charge in [-0.05, 0) is 18.3 Å². The topological polar surface area (TPSA) is 66.1 Å². The summed E-state index contributed by atoms with van der Waals surface area (Å²) in [4.78, 5) is 0.259. The van der Waals surface area contributed by atoms with Gasteiger partial charge in [-0.25, -0.2) is 8.42 Å². The van der Waals surface area contributed by atoms with Crippen LogP contribution in [0.5, 0.6) is 0 Å². The molecule has 2 unspecified atom stereocenters. The van der Waals surface area contributed by atoms with Gasteiger partial charge in [0.2, 0.25) is 10.0 Å². The first-order chi connectivity index (χ1) is 7.51. The first-order valence-corrected chi connectivity index (χ1v) is 6.94. The van der Waals surface area contributed by atoms with Gasteiger partial charge in [0.05, 0.1) is 6.20 Å². The van der Waals surface area contributed by atoms with E-state index in [1.807, 2.05) is 0 Å². The van der Waals surface area contributed by atoms with E-state index in [2.05, 4.69) is 24.0 Å². The van der Waals surface area contributed by atoms with Gasteiger partial charge in [-0.3, -0.25) is 5.10 Å². The number of hydrogen-bond acceptors (Lipinski definition) is 3. The molecule has 0 bridgehead atoms. The lowest BCUT2D eigenvalue weighted by atomic mass is 9.90. The van der Waals surface area contributed by atoms with E-state index in [9.17, 15) is 8.42 Å². The third-order valence-corrected chi connectivity index (χ3v) is 5.24. The smallest absolute Gasteiger partial charge is 0.246 e. The molecule has 5 nitrogen and oxygen atoms in total. The highest BCUT2D eigenvalue weighted by molar-refractivity contribution is 7.89. The maximum Gasteiger partial charge on any atom is 0.246 e. The summed E-state index contributed by atoms with van der Waals surface area (Å²) in [6.07, 6.45) is 3.72. The van der Waals surface area contributed by atoms with E-state index in [4.69, 9.17) is 0 Å². The summed E-state index contributed by atoms with van der Waals surface area (Å²) in [7, 11) is -3.34. The molecule has 1 N–H and O–H groups in total. The fraction of sp³-hybridized carbons (Fsp3) is 0.700. The van der Waals surface area contributed by atoms with Gasteiger partial charge in [0.25, 0.3) is 0 Å². The molecule has 2 heterocycles. The van der Waals surface area contributed by atoms with Gasteiger partial charge >= 0.3 is 0 Å². The zero-order valence-electron chi connectivity index (χ0n) is 9.55. The Morgan fingerprint density at radius 1 is 1.44 bits per heavy atom. The normalized spacial score (nSPS) is 28.1. The lowest BCUT2D eigenvalue weighted by Crippen LogP contribution is -2.42. The SMILES string of the molecule is CC1CCN(S(=O)(=O)c2cn[nH]c2)CC1C. The molecule has 1 aliphatic rings. The first kappa shape index (κ1) is 11.6. The van der Waals surface area contributed by atoms with E-state index in [0.717, 1.165) is 6.42 Å². The van der Waals surface area contributed by atoms with E-state index < -0.39 is 10.0 Å². The van der Waals surface area contributed by atoms with Crippen LogP contribution in [-0.4, -0.2) is 36.0 Å². The number of rotatable bonds is 2. The lowest BCUT2D eigenvalue weighted by molar-refractivity contribution is 0.212. The molecule has 2 rings (SSSR count). The minimum absolute atomic E-state index is 0.259. The van der Waals surface area contributed by atoms with E-state index in [1.54, 1.807) is 4.31 Å². The Balaban J connectivity index is 2.20. The van der Waals surface area contributed by atoms with Gasteiger partial charge in [0.1, 0.15) is 4.90 Å². The maximum absolute atomic E-state index is 12.2. The molecular weight excluding hydrogens is 226 g/mol. The lowest BCUT2D eigenvalue weighted by Gasteiger charge is -2.34. The van der Waals surface area contributed by atoms with Crippen LogP contribution in [0, 0.1) is 11.8 Å². The zero-order chi connectivity index (χ0) is 11.8. The van der Waals surface area contributed by atoms with Gasteiger partial charge in [0, 0.05) is 19.3 Å². The molecule has 0 spiro atoms. The van der Waals surface area contributed by atoms with Crippen molar-refractivity contribution in [1.29, 1.82) is 0 Å². The molecule has 1 saturated heterocycles. The zero-order valence-corrected chi connectivity index (χ0v) is 10.4. The number of hydrogen-bond donors (Lipinski definition) is 1. The Labute approximate surface area is 95.9 Å². The highest BCUT2D eigenvalue weighted by atomic mass is 32.2. The fourth-order valence-corrected chi connectivity index (χ4v) is 3.43. The Morgan fingerprint density at radius 3 is 2.75 bits per heavy atom. The van der Waals surface area contributed by atoms with Crippen molar-refractivity contribution in [2.45, 2.75) is 25.2 Å². The van der Waals surface area contributed by atoms with Crippen LogP contribution < -0.4 is 0 Å². The minimum Gasteiger partial charge on any atom is -0.284 e. The number of aromatic nitrogens is 2. The average Bonchev–Trinajstić information content (AvgIpc) is 2.75. The third kappa shape index (κ3) is 1.99. The second kappa shape index (κ2) is 4.18. The van der Waals surface area contributed by atoms with E-state index in [1.165, 1.54) is 12.4 Å². The molecule has 2 atom stereocenters. The first-order valence-electron chi connectivity index (χ1n) is 5.50. The minimum atomic E-state index is -3.34. The summed E-state index contributed by atoms with van der Waals surface area (Å²) in [5, 5.41) is 6.23. The number of nitrogens with one attached hydrogen (secondary N) is 1. The quantitative estimate of drug-likeness (QED) is 0.845. The van der Waals surface area contributed by atoms with Gasteiger partial charge in [-0.2, -0.15) is 9.40 Å². The van der Waals surface area contributed by atoms with Crippen molar-refractivity contribution in [2.24, 2.45) is 11.8 Å². The van der Waals surface area contributed by atoms with Crippen LogP contribution in [0.1, 0.15) is 20.3 Å². The second-order valence-electron chi connectivity index (χ2n) is 4.54. The Hall–Kier alpha value is -0.880. The van der Waals surface area contributed by atoms with Crippen molar-refractivity contribution in [3.05, 3.63) is 12.4 Å². The summed E-state index contributed by atoms with van der Waals surface area (Å²) in [5.41, 5.74) is 0. The number of piperidine rings is 1. The predicted molar refractivity (Wildman–Crippen MR) is 60.3 cm³/mol. The summed E-state index contributed by atoms with van der Waals surface area (Å²) < 4.78 is 25.9. The largest absolute Gasteiger partial charge is 0.284 e. The molecule has 0 aromatic carbocycles. The molecule has 0 radical (unpaired) electrons. The number of nitrogens with zero attached hydrogens (tertiary/aromatic N) is 2. The molecule has 90 valence electrons. The molecule has 0 amide bonds. The van der Waals surface area contributed by atoms with Crippen molar-refractivity contribution in [1.82, 2.24) is 14.5 Å². The third-order valence-electron chi connectivity index (χ3n) is 3.41. The molecule has 0 saturated carbocycles. The molecule has 0 aliphatic carbocycles. The molecule has 1 fully saturated rings. The highest BCUT2D eigenvalue weighted by Gasteiger charge is 2.31. The highest BCUT2D eigenvalue weighted by Crippen LogP contribution is 2.26. The van der Waals surface area contributed by atoms with E-state index in [0.29, 0.717) is 24.9 Å². The van der Waals surface area contributed by atoms with Crippen LogP contribution in [0.4, 0.5) is 0 Å². The van der Waals surface area contributed by atoms with Gasteiger partial charge < -0.3 is 0 Å². The predicted octanol–water partition coefficient (Wildman–Crippen LogP) is 1.08. The average molecular weight is 243 g/mol. The molecule has 16 heavy (non-hydrogen) atoms. The van der Waals surface area contributed by atoms with Crippen molar-refractivity contribution >= 4 is 10.0 Å². The standard InChI is InChI=1S/C10H17N3O2S/c1-8-3-4-13(7-9(8)2)16(14,15)10-5-11-12-6-10/h5-6,8-9H,3-4,7H2,1-2H3,(H,11,12).